The predicted molar refractivity (Wildman–Crippen MR) is 104 cm³/mol. The van der Waals surface area contributed by atoms with Crippen LogP contribution in [0.15, 0.2) is 42.5 Å². The summed E-state index contributed by atoms with van der Waals surface area (Å²) in [5, 5.41) is 2.85. The van der Waals surface area contributed by atoms with Crippen molar-refractivity contribution in [2.45, 2.75) is 32.2 Å². The van der Waals surface area contributed by atoms with Crippen molar-refractivity contribution in [2.24, 2.45) is 0 Å². The number of carbonyl (C=O) groups is 1. The SMILES string of the molecule is CC(NC(=O)CN(c1ccc(F)cc1)S(C)(=O)=O)c1ccc2c(c1)CCC2. The molecule has 5 nitrogen and oxygen atoms in total. The second kappa shape index (κ2) is 7.68. The van der Waals surface area contributed by atoms with E-state index in [0.29, 0.717) is 0 Å². The molecule has 1 aliphatic rings. The average Bonchev–Trinajstić information content (AvgIpc) is 3.07. The molecule has 0 aliphatic heterocycles. The number of fused-ring (bicyclic) bond motifs is 1. The summed E-state index contributed by atoms with van der Waals surface area (Å²) in [4.78, 5) is 12.5. The zero-order valence-electron chi connectivity index (χ0n) is 15.4. The van der Waals surface area contributed by atoms with Crippen LogP contribution in [0.4, 0.5) is 10.1 Å². The van der Waals surface area contributed by atoms with Crippen LogP contribution in [0.1, 0.15) is 36.1 Å². The van der Waals surface area contributed by atoms with Gasteiger partial charge >= 0.3 is 0 Å². The van der Waals surface area contributed by atoms with E-state index in [9.17, 15) is 17.6 Å². The molecule has 1 N–H and O–H groups in total. The molecule has 0 bridgehead atoms. The van der Waals surface area contributed by atoms with E-state index in [2.05, 4.69) is 17.4 Å². The third kappa shape index (κ3) is 4.66. The minimum absolute atomic E-state index is 0.238. The molecule has 7 heteroatoms. The van der Waals surface area contributed by atoms with E-state index in [0.717, 1.165) is 35.4 Å². The molecule has 1 atom stereocenters. The maximum absolute atomic E-state index is 13.1. The molecule has 3 rings (SSSR count). The smallest absolute Gasteiger partial charge is 0.241 e. The number of halogens is 1. The van der Waals surface area contributed by atoms with Gasteiger partial charge in [-0.3, -0.25) is 9.10 Å². The van der Waals surface area contributed by atoms with E-state index < -0.39 is 21.7 Å². The Morgan fingerprint density at radius 3 is 2.48 bits per heavy atom. The Kier molecular flexibility index (Phi) is 5.51. The van der Waals surface area contributed by atoms with E-state index >= 15 is 0 Å². The zero-order chi connectivity index (χ0) is 19.6. The molecule has 1 amide bonds. The lowest BCUT2D eigenvalue weighted by molar-refractivity contribution is -0.120. The van der Waals surface area contributed by atoms with E-state index in [4.69, 9.17) is 0 Å². The summed E-state index contributed by atoms with van der Waals surface area (Å²) < 4.78 is 38.3. The Morgan fingerprint density at radius 1 is 1.15 bits per heavy atom. The van der Waals surface area contributed by atoms with Crippen molar-refractivity contribution < 1.29 is 17.6 Å². The van der Waals surface area contributed by atoms with Crippen molar-refractivity contribution in [3.63, 3.8) is 0 Å². The molecule has 27 heavy (non-hydrogen) atoms. The van der Waals surface area contributed by atoms with Gasteiger partial charge in [0.25, 0.3) is 0 Å². The lowest BCUT2D eigenvalue weighted by Crippen LogP contribution is -2.41. The summed E-state index contributed by atoms with van der Waals surface area (Å²) in [7, 11) is -3.68. The summed E-state index contributed by atoms with van der Waals surface area (Å²) in [6.07, 6.45) is 4.32. The highest BCUT2D eigenvalue weighted by atomic mass is 32.2. The standard InChI is InChI=1S/C20H23FN2O3S/c1-14(16-7-6-15-4-3-5-17(15)12-16)22-20(24)13-23(27(2,25)26)19-10-8-18(21)9-11-19/h6-12,14H,3-5,13H2,1-2H3,(H,22,24). The normalized spacial score (nSPS) is 14.5. The van der Waals surface area contributed by atoms with E-state index in [1.165, 1.54) is 35.4 Å². The minimum Gasteiger partial charge on any atom is -0.348 e. The number of sulfonamides is 1. The van der Waals surface area contributed by atoms with Crippen LogP contribution in [-0.4, -0.2) is 27.1 Å². The molecule has 2 aromatic carbocycles. The van der Waals surface area contributed by atoms with Gasteiger partial charge in [0.1, 0.15) is 12.4 Å². The molecule has 0 aromatic heterocycles. The Labute approximate surface area is 159 Å². The summed E-state index contributed by atoms with van der Waals surface area (Å²) >= 11 is 0. The van der Waals surface area contributed by atoms with Crippen LogP contribution in [0.25, 0.3) is 0 Å². The molecule has 0 spiro atoms. The first-order chi connectivity index (χ1) is 12.7. The van der Waals surface area contributed by atoms with Gasteiger partial charge in [0.15, 0.2) is 0 Å². The van der Waals surface area contributed by atoms with Gasteiger partial charge in [-0.25, -0.2) is 12.8 Å². The van der Waals surface area contributed by atoms with Gasteiger partial charge in [-0.15, -0.1) is 0 Å². The first-order valence-corrected chi connectivity index (χ1v) is 10.7. The summed E-state index contributed by atoms with van der Waals surface area (Å²) in [6.45, 7) is 1.51. The van der Waals surface area contributed by atoms with Crippen molar-refractivity contribution in [1.29, 1.82) is 0 Å². The monoisotopic (exact) mass is 390 g/mol. The molecular weight excluding hydrogens is 367 g/mol. The van der Waals surface area contributed by atoms with Gasteiger partial charge in [-0.2, -0.15) is 0 Å². The molecule has 1 aliphatic carbocycles. The zero-order valence-corrected chi connectivity index (χ0v) is 16.2. The average molecular weight is 390 g/mol. The van der Waals surface area contributed by atoms with Gasteiger partial charge in [-0.1, -0.05) is 18.2 Å². The number of amides is 1. The molecule has 2 aromatic rings. The van der Waals surface area contributed by atoms with Crippen LogP contribution in [0.3, 0.4) is 0 Å². The van der Waals surface area contributed by atoms with Crippen molar-refractivity contribution >= 4 is 21.6 Å². The van der Waals surface area contributed by atoms with E-state index in [1.54, 1.807) is 0 Å². The number of benzene rings is 2. The van der Waals surface area contributed by atoms with Crippen molar-refractivity contribution in [3.8, 4) is 0 Å². The lowest BCUT2D eigenvalue weighted by Gasteiger charge is -2.23. The van der Waals surface area contributed by atoms with Crippen LogP contribution in [0, 0.1) is 5.82 Å². The van der Waals surface area contributed by atoms with Gasteiger partial charge < -0.3 is 5.32 Å². The highest BCUT2D eigenvalue weighted by Gasteiger charge is 2.22. The van der Waals surface area contributed by atoms with Crippen LogP contribution < -0.4 is 9.62 Å². The maximum Gasteiger partial charge on any atom is 0.241 e. The number of nitrogens with zero attached hydrogens (tertiary/aromatic N) is 1. The molecule has 0 heterocycles. The first kappa shape index (κ1) is 19.4. The van der Waals surface area contributed by atoms with E-state index in [1.807, 2.05) is 13.0 Å². The van der Waals surface area contributed by atoms with Crippen molar-refractivity contribution in [2.75, 3.05) is 17.1 Å². The topological polar surface area (TPSA) is 66.5 Å². The number of rotatable bonds is 6. The van der Waals surface area contributed by atoms with E-state index in [-0.39, 0.29) is 18.3 Å². The molecule has 0 radical (unpaired) electrons. The fourth-order valence-electron chi connectivity index (χ4n) is 3.37. The number of hydrogen-bond donors (Lipinski definition) is 1. The molecular formula is C20H23FN2O3S. The Balaban J connectivity index is 1.71. The van der Waals surface area contributed by atoms with Crippen LogP contribution in [-0.2, 0) is 27.7 Å². The van der Waals surface area contributed by atoms with Crippen molar-refractivity contribution in [1.82, 2.24) is 5.32 Å². The third-order valence-electron chi connectivity index (χ3n) is 4.80. The first-order valence-electron chi connectivity index (χ1n) is 8.88. The Hall–Kier alpha value is -2.41. The minimum atomic E-state index is -3.68. The van der Waals surface area contributed by atoms with Crippen LogP contribution in [0.5, 0.6) is 0 Å². The highest BCUT2D eigenvalue weighted by molar-refractivity contribution is 7.92. The predicted octanol–water partition coefficient (Wildman–Crippen LogP) is 2.96. The van der Waals surface area contributed by atoms with Gasteiger partial charge in [0, 0.05) is 0 Å². The summed E-state index contributed by atoms with van der Waals surface area (Å²) in [6, 6.07) is 11.0. The van der Waals surface area contributed by atoms with Crippen LogP contribution >= 0.6 is 0 Å². The van der Waals surface area contributed by atoms with Gasteiger partial charge in [0.05, 0.1) is 18.0 Å². The fraction of sp³-hybridized carbons (Fsp3) is 0.350. The number of aryl methyl sites for hydroxylation is 2. The summed E-state index contributed by atoms with van der Waals surface area (Å²) in [5.74, 6) is -0.889. The van der Waals surface area contributed by atoms with Gasteiger partial charge in [-0.05, 0) is 67.1 Å². The lowest BCUT2D eigenvalue weighted by atomic mass is 10.0. The number of nitrogens with one attached hydrogen (secondary N) is 1. The van der Waals surface area contributed by atoms with Crippen LogP contribution in [0.2, 0.25) is 0 Å². The molecule has 1 unspecified atom stereocenters. The molecule has 0 saturated heterocycles. The second-order valence-electron chi connectivity index (χ2n) is 6.92. The van der Waals surface area contributed by atoms with Gasteiger partial charge in [0.2, 0.25) is 15.9 Å². The third-order valence-corrected chi connectivity index (χ3v) is 5.94. The highest BCUT2D eigenvalue weighted by Crippen LogP contribution is 2.25. The molecule has 0 fully saturated rings. The second-order valence-corrected chi connectivity index (χ2v) is 8.82. The van der Waals surface area contributed by atoms with Crippen molar-refractivity contribution in [3.05, 3.63) is 65.0 Å². The number of hydrogen-bond acceptors (Lipinski definition) is 3. The number of carbonyl (C=O) groups excluding carboxylic acids is 1. The fourth-order valence-corrected chi connectivity index (χ4v) is 4.23. The largest absolute Gasteiger partial charge is 0.348 e. The quantitative estimate of drug-likeness (QED) is 0.825. The molecule has 144 valence electrons. The maximum atomic E-state index is 13.1. The summed E-state index contributed by atoms with van der Waals surface area (Å²) in [5.41, 5.74) is 3.92. The number of anilines is 1. The Morgan fingerprint density at radius 2 is 1.81 bits per heavy atom. The Bertz CT molecular complexity index is 942. The molecule has 0 saturated carbocycles.